The summed E-state index contributed by atoms with van der Waals surface area (Å²) in [4.78, 5) is 50.1. The van der Waals surface area contributed by atoms with E-state index in [1.54, 1.807) is 6.07 Å². The number of carbonyl (C=O) groups is 4. The first-order valence-electron chi connectivity index (χ1n) is 7.32. The Bertz CT molecular complexity index is 823. The number of fused-ring (bicyclic) bond motifs is 1. The molecule has 1 N–H and O–H groups in total. The SMILES string of the molecule is C#CCOc1cccc2c1C(=O)N([C@@]1(C)CCC(=O)NC1=O)C2=O. The Balaban J connectivity index is 2.03. The molecule has 0 spiro atoms. The molecule has 1 fully saturated rings. The summed E-state index contributed by atoms with van der Waals surface area (Å²) in [7, 11) is 0. The van der Waals surface area contributed by atoms with E-state index < -0.39 is 29.2 Å². The minimum atomic E-state index is -1.43. The first-order valence-corrected chi connectivity index (χ1v) is 7.32. The van der Waals surface area contributed by atoms with E-state index in [1.165, 1.54) is 19.1 Å². The standard InChI is InChI=1S/C17H14N2O5/c1-3-9-24-11-6-4-5-10-13(11)15(22)19(14(10)21)17(2)8-7-12(20)18-16(17)23/h1,4-6H,7-9H2,2H3,(H,18,20,23)/t17-/m0/s1. The topological polar surface area (TPSA) is 92.8 Å². The number of hydrogen-bond donors (Lipinski definition) is 1. The number of piperidine rings is 1. The monoisotopic (exact) mass is 326 g/mol. The highest BCUT2D eigenvalue weighted by Gasteiger charge is 2.53. The van der Waals surface area contributed by atoms with Crippen molar-refractivity contribution in [3.05, 3.63) is 29.3 Å². The van der Waals surface area contributed by atoms with Gasteiger partial charge in [0, 0.05) is 6.42 Å². The third-order valence-electron chi connectivity index (χ3n) is 4.26. The van der Waals surface area contributed by atoms with Crippen molar-refractivity contribution in [2.24, 2.45) is 0 Å². The first-order chi connectivity index (χ1) is 11.4. The number of nitrogens with one attached hydrogen (secondary N) is 1. The fourth-order valence-corrected chi connectivity index (χ4v) is 2.95. The average Bonchev–Trinajstić information content (AvgIpc) is 2.82. The summed E-state index contributed by atoms with van der Waals surface area (Å²) in [5.74, 6) is 0.179. The predicted octanol–water partition coefficient (Wildman–Crippen LogP) is 0.490. The highest BCUT2D eigenvalue weighted by atomic mass is 16.5. The molecule has 0 unspecified atom stereocenters. The van der Waals surface area contributed by atoms with Crippen LogP contribution in [0.15, 0.2) is 18.2 Å². The summed E-state index contributed by atoms with van der Waals surface area (Å²) in [6, 6.07) is 4.61. The molecule has 0 aliphatic carbocycles. The van der Waals surface area contributed by atoms with E-state index in [0.29, 0.717) is 0 Å². The quantitative estimate of drug-likeness (QED) is 0.644. The van der Waals surface area contributed by atoms with E-state index >= 15 is 0 Å². The summed E-state index contributed by atoms with van der Waals surface area (Å²) in [5.41, 5.74) is -1.19. The van der Waals surface area contributed by atoms with Crippen LogP contribution in [0.2, 0.25) is 0 Å². The van der Waals surface area contributed by atoms with E-state index in [1.807, 2.05) is 0 Å². The Kier molecular flexibility index (Phi) is 3.60. The molecule has 2 heterocycles. The van der Waals surface area contributed by atoms with Crippen molar-refractivity contribution in [2.45, 2.75) is 25.3 Å². The van der Waals surface area contributed by atoms with Crippen LogP contribution < -0.4 is 10.1 Å². The second-order valence-electron chi connectivity index (χ2n) is 5.77. The van der Waals surface area contributed by atoms with E-state index in [2.05, 4.69) is 11.2 Å². The summed E-state index contributed by atoms with van der Waals surface area (Å²) < 4.78 is 5.34. The number of nitrogens with zero attached hydrogens (tertiary/aromatic N) is 1. The average molecular weight is 326 g/mol. The zero-order chi connectivity index (χ0) is 17.5. The molecule has 2 aliphatic heterocycles. The van der Waals surface area contributed by atoms with Gasteiger partial charge in [-0.2, -0.15) is 0 Å². The molecule has 122 valence electrons. The number of carbonyl (C=O) groups excluding carboxylic acids is 4. The zero-order valence-corrected chi connectivity index (χ0v) is 12.9. The van der Waals surface area contributed by atoms with Crippen LogP contribution in [0.1, 0.15) is 40.5 Å². The van der Waals surface area contributed by atoms with Crippen molar-refractivity contribution in [3.63, 3.8) is 0 Å². The molecular weight excluding hydrogens is 312 g/mol. The Morgan fingerprint density at radius 2 is 2.04 bits per heavy atom. The third kappa shape index (κ3) is 2.15. The fraction of sp³-hybridized carbons (Fsp3) is 0.294. The predicted molar refractivity (Wildman–Crippen MR) is 82.1 cm³/mol. The normalized spacial score (nSPS) is 22.9. The Labute approximate surface area is 138 Å². The van der Waals surface area contributed by atoms with Crippen LogP contribution in [0.5, 0.6) is 5.75 Å². The van der Waals surface area contributed by atoms with Crippen LogP contribution in [-0.4, -0.2) is 40.7 Å². The van der Waals surface area contributed by atoms with Gasteiger partial charge in [-0.05, 0) is 25.5 Å². The molecule has 7 nitrogen and oxygen atoms in total. The van der Waals surface area contributed by atoms with Crippen molar-refractivity contribution < 1.29 is 23.9 Å². The van der Waals surface area contributed by atoms with Gasteiger partial charge in [-0.3, -0.25) is 29.4 Å². The Hall–Kier alpha value is -3.14. The van der Waals surface area contributed by atoms with Crippen LogP contribution in [0.4, 0.5) is 0 Å². The van der Waals surface area contributed by atoms with Gasteiger partial charge in [0.05, 0.1) is 11.1 Å². The van der Waals surface area contributed by atoms with Crippen molar-refractivity contribution in [3.8, 4) is 18.1 Å². The molecule has 1 aromatic rings. The summed E-state index contributed by atoms with van der Waals surface area (Å²) in [5, 5.41) is 2.18. The maximum atomic E-state index is 12.8. The lowest BCUT2D eigenvalue weighted by Gasteiger charge is -2.38. The molecule has 4 amide bonds. The van der Waals surface area contributed by atoms with Gasteiger partial charge in [0.15, 0.2) is 0 Å². The van der Waals surface area contributed by atoms with Crippen LogP contribution >= 0.6 is 0 Å². The van der Waals surface area contributed by atoms with Crippen LogP contribution in [0, 0.1) is 12.3 Å². The van der Waals surface area contributed by atoms with E-state index in [9.17, 15) is 19.2 Å². The summed E-state index contributed by atoms with van der Waals surface area (Å²) in [6.07, 6.45) is 5.28. The number of imide groups is 2. The van der Waals surface area contributed by atoms with Crippen LogP contribution in [0.25, 0.3) is 0 Å². The molecule has 0 saturated carbocycles. The molecule has 1 aromatic carbocycles. The number of rotatable bonds is 3. The second kappa shape index (κ2) is 5.49. The molecule has 0 aromatic heterocycles. The fourth-order valence-electron chi connectivity index (χ4n) is 2.95. The maximum absolute atomic E-state index is 12.8. The smallest absolute Gasteiger partial charge is 0.266 e. The number of amides is 4. The number of hydrogen-bond acceptors (Lipinski definition) is 5. The van der Waals surface area contributed by atoms with Crippen molar-refractivity contribution in [1.29, 1.82) is 0 Å². The molecule has 1 atom stereocenters. The van der Waals surface area contributed by atoms with Gasteiger partial charge < -0.3 is 4.74 Å². The van der Waals surface area contributed by atoms with Gasteiger partial charge in [-0.25, -0.2) is 0 Å². The minimum Gasteiger partial charge on any atom is -0.480 e. The van der Waals surface area contributed by atoms with Gasteiger partial charge in [0.25, 0.3) is 17.7 Å². The highest BCUT2D eigenvalue weighted by Crippen LogP contribution is 2.37. The van der Waals surface area contributed by atoms with Gasteiger partial charge in [0.1, 0.15) is 17.9 Å². The van der Waals surface area contributed by atoms with Gasteiger partial charge in [-0.1, -0.05) is 12.0 Å². The Morgan fingerprint density at radius 3 is 2.71 bits per heavy atom. The van der Waals surface area contributed by atoms with Crippen LogP contribution in [-0.2, 0) is 9.59 Å². The molecule has 7 heteroatoms. The minimum absolute atomic E-state index is 0.0514. The molecular formula is C17H14N2O5. The highest BCUT2D eigenvalue weighted by molar-refractivity contribution is 6.25. The molecule has 1 saturated heterocycles. The lowest BCUT2D eigenvalue weighted by molar-refractivity contribution is -0.140. The van der Waals surface area contributed by atoms with E-state index in [0.717, 1.165) is 4.90 Å². The van der Waals surface area contributed by atoms with Crippen molar-refractivity contribution >= 4 is 23.6 Å². The number of terminal acetylenes is 1. The lowest BCUT2D eigenvalue weighted by atomic mass is 9.89. The van der Waals surface area contributed by atoms with Gasteiger partial charge >= 0.3 is 0 Å². The summed E-state index contributed by atoms with van der Waals surface area (Å²) >= 11 is 0. The maximum Gasteiger partial charge on any atom is 0.266 e. The van der Waals surface area contributed by atoms with Gasteiger partial charge in [-0.15, -0.1) is 6.42 Å². The van der Waals surface area contributed by atoms with Crippen molar-refractivity contribution in [2.75, 3.05) is 6.61 Å². The third-order valence-corrected chi connectivity index (χ3v) is 4.26. The van der Waals surface area contributed by atoms with Gasteiger partial charge in [0.2, 0.25) is 5.91 Å². The Morgan fingerprint density at radius 1 is 1.29 bits per heavy atom. The lowest BCUT2D eigenvalue weighted by Crippen LogP contribution is -2.62. The second-order valence-corrected chi connectivity index (χ2v) is 5.77. The molecule has 3 rings (SSSR count). The molecule has 24 heavy (non-hydrogen) atoms. The molecule has 2 aliphatic rings. The number of ether oxygens (including phenoxy) is 1. The van der Waals surface area contributed by atoms with E-state index in [-0.39, 0.29) is 36.3 Å². The molecule has 0 bridgehead atoms. The van der Waals surface area contributed by atoms with E-state index in [4.69, 9.17) is 11.2 Å². The number of benzene rings is 1. The van der Waals surface area contributed by atoms with Crippen LogP contribution in [0.3, 0.4) is 0 Å². The summed E-state index contributed by atoms with van der Waals surface area (Å²) in [6.45, 7) is 1.42. The zero-order valence-electron chi connectivity index (χ0n) is 12.9. The first kappa shape index (κ1) is 15.7. The largest absolute Gasteiger partial charge is 0.480 e. The van der Waals surface area contributed by atoms with Crippen molar-refractivity contribution in [1.82, 2.24) is 10.2 Å². The molecule has 0 radical (unpaired) electrons.